The fraction of sp³-hybridized carbons (Fsp3) is 0.351. The van der Waals surface area contributed by atoms with Crippen LogP contribution in [-0.4, -0.2) is 39.3 Å². The molecule has 4 aromatic rings. The van der Waals surface area contributed by atoms with Crippen LogP contribution < -0.4 is 4.74 Å². The number of para-hydroxylation sites is 1. The van der Waals surface area contributed by atoms with Crippen molar-refractivity contribution in [2.75, 3.05) is 12.3 Å². The molecule has 8 heteroatoms. The largest absolute Gasteiger partial charge is 0.490 e. The van der Waals surface area contributed by atoms with Crippen molar-refractivity contribution in [2.24, 2.45) is 0 Å². The molecule has 3 aliphatic rings. The third kappa shape index (κ3) is 6.63. The number of amides is 1. The number of carbonyl (C=O) groups is 1. The van der Waals surface area contributed by atoms with Crippen molar-refractivity contribution in [3.05, 3.63) is 112 Å². The van der Waals surface area contributed by atoms with E-state index in [1.807, 2.05) is 42.7 Å². The van der Waals surface area contributed by atoms with Crippen LogP contribution in [0, 0.1) is 0 Å². The van der Waals surface area contributed by atoms with Crippen molar-refractivity contribution in [3.63, 3.8) is 0 Å². The number of hydrogen-bond acceptors (Lipinski definition) is 6. The zero-order valence-electron chi connectivity index (χ0n) is 25.2. The molecule has 0 radical (unpaired) electrons. The highest BCUT2D eigenvalue weighted by Gasteiger charge is 2.48. The smallest absolute Gasteiger partial charge is 0.256 e. The lowest BCUT2D eigenvalue weighted by Crippen LogP contribution is -2.29. The number of thioether (sulfide) groups is 1. The zero-order chi connectivity index (χ0) is 30.8. The van der Waals surface area contributed by atoms with E-state index in [4.69, 9.17) is 21.1 Å². The van der Waals surface area contributed by atoms with E-state index in [0.717, 1.165) is 83.6 Å². The Morgan fingerprint density at radius 1 is 0.956 bits per heavy atom. The molecule has 1 amide bonds. The first-order chi connectivity index (χ1) is 22.0. The number of rotatable bonds is 14. The lowest BCUT2D eigenvalue weighted by atomic mass is 9.96. The Balaban J connectivity index is 0.931. The van der Waals surface area contributed by atoms with Crippen LogP contribution in [0.15, 0.2) is 90.1 Å². The van der Waals surface area contributed by atoms with E-state index in [2.05, 4.69) is 41.4 Å². The number of fused-ring (bicyclic) bond motifs is 1. The van der Waals surface area contributed by atoms with Crippen molar-refractivity contribution in [2.45, 2.75) is 74.4 Å². The zero-order valence-corrected chi connectivity index (χ0v) is 26.7. The Hall–Kier alpha value is -3.36. The van der Waals surface area contributed by atoms with Gasteiger partial charge in [0.15, 0.2) is 6.23 Å². The maximum absolute atomic E-state index is 12.6. The first-order valence-corrected chi connectivity index (χ1v) is 17.2. The number of halogens is 1. The third-order valence-corrected chi connectivity index (χ3v) is 10.3. The molecular weight excluding hydrogens is 604 g/mol. The number of nitrogens with zero attached hydrogens (tertiary/aromatic N) is 2. The molecule has 0 spiro atoms. The van der Waals surface area contributed by atoms with E-state index in [0.29, 0.717) is 35.4 Å². The fourth-order valence-corrected chi connectivity index (χ4v) is 7.19. The molecule has 0 bridgehead atoms. The number of pyridine rings is 1. The maximum Gasteiger partial charge on any atom is 0.256 e. The molecule has 3 aromatic carbocycles. The van der Waals surface area contributed by atoms with Crippen molar-refractivity contribution < 1.29 is 19.4 Å². The SMILES string of the molecule is O=C1c2ccccc2C(O)N1CCCCCSc1ccc(Cl)c(COC2(c3cnccc3-c3ccccc3OC3CC3)CC2)c1. The summed E-state index contributed by atoms with van der Waals surface area (Å²) in [6.07, 6.45) is 10.2. The van der Waals surface area contributed by atoms with Crippen LogP contribution in [0.25, 0.3) is 11.1 Å². The van der Waals surface area contributed by atoms with Gasteiger partial charge >= 0.3 is 0 Å². The van der Waals surface area contributed by atoms with Crippen molar-refractivity contribution in [1.29, 1.82) is 0 Å². The molecule has 2 heterocycles. The number of carbonyl (C=O) groups excluding carboxylic acids is 1. The summed E-state index contributed by atoms with van der Waals surface area (Å²) < 4.78 is 12.9. The van der Waals surface area contributed by atoms with E-state index >= 15 is 0 Å². The Kier molecular flexibility index (Phi) is 8.87. The Bertz CT molecular complexity index is 1690. The van der Waals surface area contributed by atoms with Gasteiger partial charge in [-0.05, 0) is 91.8 Å². The van der Waals surface area contributed by atoms with E-state index in [1.165, 1.54) is 0 Å². The van der Waals surface area contributed by atoms with Crippen molar-refractivity contribution >= 4 is 29.3 Å². The van der Waals surface area contributed by atoms with E-state index in [-0.39, 0.29) is 11.5 Å². The van der Waals surface area contributed by atoms with Gasteiger partial charge < -0.3 is 19.5 Å². The number of aliphatic hydroxyl groups is 1. The minimum absolute atomic E-state index is 0.0801. The Morgan fingerprint density at radius 3 is 2.56 bits per heavy atom. The van der Waals surface area contributed by atoms with Gasteiger partial charge in [0.1, 0.15) is 5.75 Å². The van der Waals surface area contributed by atoms with Gasteiger partial charge in [-0.3, -0.25) is 9.78 Å². The summed E-state index contributed by atoms with van der Waals surface area (Å²) in [4.78, 5) is 19.9. The van der Waals surface area contributed by atoms with Crippen LogP contribution in [0.4, 0.5) is 0 Å². The van der Waals surface area contributed by atoms with Crippen LogP contribution in [0.1, 0.15) is 78.2 Å². The van der Waals surface area contributed by atoms with Gasteiger partial charge in [-0.2, -0.15) is 0 Å². The number of aromatic nitrogens is 1. The molecule has 1 atom stereocenters. The molecule has 7 rings (SSSR count). The van der Waals surface area contributed by atoms with Crippen LogP contribution >= 0.6 is 23.4 Å². The van der Waals surface area contributed by atoms with E-state index in [1.54, 1.807) is 22.7 Å². The number of aliphatic hydroxyl groups excluding tert-OH is 1. The topological polar surface area (TPSA) is 71.9 Å². The molecular formula is C37H37ClN2O4S. The second-order valence-corrected chi connectivity index (χ2v) is 13.7. The molecule has 232 valence electrons. The van der Waals surface area contributed by atoms with Crippen molar-refractivity contribution in [3.8, 4) is 16.9 Å². The first kappa shape index (κ1) is 30.3. The minimum Gasteiger partial charge on any atom is -0.490 e. The lowest BCUT2D eigenvalue weighted by Gasteiger charge is -2.22. The summed E-state index contributed by atoms with van der Waals surface area (Å²) >= 11 is 8.45. The molecule has 0 saturated heterocycles. The van der Waals surface area contributed by atoms with Crippen LogP contribution in [0.5, 0.6) is 5.75 Å². The molecule has 6 nitrogen and oxygen atoms in total. The molecule has 1 N–H and O–H groups in total. The minimum atomic E-state index is -0.838. The molecule has 1 aromatic heterocycles. The molecule has 2 saturated carbocycles. The molecule has 1 aliphatic heterocycles. The van der Waals surface area contributed by atoms with Gasteiger partial charge in [-0.1, -0.05) is 54.4 Å². The summed E-state index contributed by atoms with van der Waals surface area (Å²) in [6, 6.07) is 23.8. The van der Waals surface area contributed by atoms with Gasteiger partial charge in [0.05, 0.1) is 18.3 Å². The summed E-state index contributed by atoms with van der Waals surface area (Å²) in [7, 11) is 0. The fourth-order valence-electron chi connectivity index (χ4n) is 6.05. The van der Waals surface area contributed by atoms with E-state index < -0.39 is 6.23 Å². The average Bonchev–Trinajstić information content (AvgIpc) is 4.01. The standard InChI is InChI=1S/C37H37ClN2O4S/c38-33-15-14-27(45-21-7-1-6-20-40-35(41)30-9-2-3-10-31(30)36(40)42)22-25(33)24-43-37(17-18-37)32-23-39-19-16-28(32)29-8-4-5-11-34(29)44-26-12-13-26/h2-5,8-11,14-16,19,22-23,26,35,41H,1,6-7,12-13,17-18,20-21,24H2. The second-order valence-electron chi connectivity index (χ2n) is 12.1. The van der Waals surface area contributed by atoms with Crippen LogP contribution in [0.2, 0.25) is 5.02 Å². The summed E-state index contributed by atoms with van der Waals surface area (Å²) in [5.74, 6) is 1.80. The number of benzene rings is 3. The monoisotopic (exact) mass is 640 g/mol. The highest BCUT2D eigenvalue weighted by Crippen LogP contribution is 2.53. The first-order valence-electron chi connectivity index (χ1n) is 15.9. The summed E-state index contributed by atoms with van der Waals surface area (Å²) in [6.45, 7) is 0.984. The Labute approximate surface area is 273 Å². The van der Waals surface area contributed by atoms with Gasteiger partial charge in [-0.25, -0.2) is 0 Å². The van der Waals surface area contributed by atoms with Crippen molar-refractivity contribution in [1.82, 2.24) is 9.88 Å². The predicted octanol–water partition coefficient (Wildman–Crippen LogP) is 8.56. The Morgan fingerprint density at radius 2 is 1.76 bits per heavy atom. The number of hydrogen-bond donors (Lipinski definition) is 1. The number of ether oxygens (including phenoxy) is 2. The summed E-state index contributed by atoms with van der Waals surface area (Å²) in [5, 5.41) is 11.3. The highest BCUT2D eigenvalue weighted by atomic mass is 35.5. The van der Waals surface area contributed by atoms with Crippen LogP contribution in [-0.2, 0) is 16.9 Å². The predicted molar refractivity (Wildman–Crippen MR) is 177 cm³/mol. The lowest BCUT2D eigenvalue weighted by molar-refractivity contribution is 0.0167. The van der Waals surface area contributed by atoms with Gasteiger partial charge in [-0.15, -0.1) is 11.8 Å². The van der Waals surface area contributed by atoms with Crippen LogP contribution in [0.3, 0.4) is 0 Å². The average molecular weight is 641 g/mol. The van der Waals surface area contributed by atoms with Gasteiger partial charge in [0.25, 0.3) is 5.91 Å². The normalized spacial score (nSPS) is 18.2. The van der Waals surface area contributed by atoms with Gasteiger partial charge in [0, 0.05) is 51.1 Å². The number of unbranched alkanes of at least 4 members (excludes halogenated alkanes) is 2. The third-order valence-electron chi connectivity index (χ3n) is 8.87. The summed E-state index contributed by atoms with van der Waals surface area (Å²) in [5.41, 5.74) is 5.22. The molecule has 2 fully saturated rings. The molecule has 45 heavy (non-hydrogen) atoms. The molecule has 1 unspecified atom stereocenters. The quantitative estimate of drug-likeness (QED) is 0.110. The van der Waals surface area contributed by atoms with E-state index in [9.17, 15) is 9.90 Å². The second kappa shape index (κ2) is 13.2. The van der Waals surface area contributed by atoms with Gasteiger partial charge in [0.2, 0.25) is 0 Å². The maximum atomic E-state index is 12.6. The highest BCUT2D eigenvalue weighted by molar-refractivity contribution is 7.99. The molecule has 2 aliphatic carbocycles.